The lowest BCUT2D eigenvalue weighted by molar-refractivity contribution is -0.140. The zero-order valence-electron chi connectivity index (χ0n) is 18.7. The molecule has 4 rings (SSSR count). The molecule has 0 bridgehead atoms. The summed E-state index contributed by atoms with van der Waals surface area (Å²) in [5.41, 5.74) is 5.44. The number of nitrogens with zero attached hydrogens (tertiary/aromatic N) is 3. The van der Waals surface area contributed by atoms with Crippen LogP contribution in [0.2, 0.25) is 5.02 Å². The molecule has 0 spiro atoms. The van der Waals surface area contributed by atoms with Gasteiger partial charge in [0.1, 0.15) is 27.2 Å². The van der Waals surface area contributed by atoms with E-state index in [1.165, 1.54) is 23.1 Å². The molecule has 8 nitrogen and oxygen atoms in total. The molecule has 0 saturated carbocycles. The monoisotopic (exact) mass is 525 g/mol. The Morgan fingerprint density at radius 1 is 1.34 bits per heavy atom. The Labute approximate surface area is 205 Å². The van der Waals surface area contributed by atoms with Crippen LogP contribution >= 0.6 is 22.9 Å². The average Bonchev–Trinajstić information content (AvgIpc) is 3.50. The Morgan fingerprint density at radius 2 is 2.06 bits per heavy atom. The Bertz CT molecular complexity index is 1440. The van der Waals surface area contributed by atoms with Gasteiger partial charge in [-0.2, -0.15) is 18.3 Å². The van der Waals surface area contributed by atoms with E-state index in [2.05, 4.69) is 15.4 Å². The maximum Gasteiger partial charge on any atom is 0.433 e. The standard InChI is InChI=1S/C22H19ClF3N5O3S/c1-4-12(31-10(3)16(23)9(2)30-31)20(33)29-17-15-11(13-6-5-7-34-13)8-14(22(24,25)26)28-21(15)35-18(17)19(27)32/h5-8,12H,4H2,1-3H3,(H2,27,32)(H,29,33). The minimum absolute atomic E-state index is 0.00795. The fourth-order valence-electron chi connectivity index (χ4n) is 3.78. The summed E-state index contributed by atoms with van der Waals surface area (Å²) in [6, 6.07) is 2.97. The largest absolute Gasteiger partial charge is 0.464 e. The number of aromatic nitrogens is 3. The van der Waals surface area contributed by atoms with Crippen molar-refractivity contribution in [2.45, 2.75) is 39.4 Å². The van der Waals surface area contributed by atoms with Gasteiger partial charge in [-0.25, -0.2) is 4.98 Å². The maximum absolute atomic E-state index is 13.6. The van der Waals surface area contributed by atoms with E-state index in [-0.39, 0.29) is 32.1 Å². The van der Waals surface area contributed by atoms with E-state index < -0.39 is 29.7 Å². The van der Waals surface area contributed by atoms with E-state index in [1.807, 2.05) is 0 Å². The molecule has 0 saturated heterocycles. The summed E-state index contributed by atoms with van der Waals surface area (Å²) in [6.45, 7) is 5.18. The molecule has 35 heavy (non-hydrogen) atoms. The average molecular weight is 526 g/mol. The van der Waals surface area contributed by atoms with Crippen molar-refractivity contribution in [1.29, 1.82) is 0 Å². The van der Waals surface area contributed by atoms with Crippen LogP contribution in [-0.2, 0) is 11.0 Å². The second-order valence-corrected chi connectivity index (χ2v) is 9.10. The van der Waals surface area contributed by atoms with Crippen LogP contribution < -0.4 is 11.1 Å². The molecule has 4 aromatic heterocycles. The Kier molecular flexibility index (Phi) is 6.36. The highest BCUT2D eigenvalue weighted by Gasteiger charge is 2.36. The number of carbonyl (C=O) groups is 2. The molecule has 0 aromatic carbocycles. The number of carbonyl (C=O) groups excluding carboxylic acids is 2. The number of aryl methyl sites for hydroxylation is 1. The van der Waals surface area contributed by atoms with Crippen LogP contribution in [0.1, 0.15) is 46.1 Å². The lowest BCUT2D eigenvalue weighted by atomic mass is 10.1. The van der Waals surface area contributed by atoms with Gasteiger partial charge in [0.05, 0.1) is 28.4 Å². The van der Waals surface area contributed by atoms with E-state index in [0.29, 0.717) is 34.2 Å². The zero-order chi connectivity index (χ0) is 25.7. The molecule has 0 aliphatic rings. The molecular weight excluding hydrogens is 507 g/mol. The number of primary amides is 1. The third-order valence-electron chi connectivity index (χ3n) is 5.43. The summed E-state index contributed by atoms with van der Waals surface area (Å²) < 4.78 is 47.5. The van der Waals surface area contributed by atoms with Crippen LogP contribution in [0.4, 0.5) is 18.9 Å². The van der Waals surface area contributed by atoms with Crippen LogP contribution in [-0.4, -0.2) is 26.6 Å². The Morgan fingerprint density at radius 3 is 2.57 bits per heavy atom. The maximum atomic E-state index is 13.6. The van der Waals surface area contributed by atoms with Crippen LogP contribution in [0, 0.1) is 13.8 Å². The number of halogens is 4. The molecule has 0 aliphatic carbocycles. The van der Waals surface area contributed by atoms with Crippen molar-refractivity contribution in [3.8, 4) is 11.3 Å². The Hall–Kier alpha value is -3.38. The number of anilines is 1. The third-order valence-corrected chi connectivity index (χ3v) is 7.08. The first-order valence-electron chi connectivity index (χ1n) is 10.3. The normalized spacial score (nSPS) is 12.8. The van der Waals surface area contributed by atoms with Gasteiger partial charge in [0.25, 0.3) is 5.91 Å². The number of furan rings is 1. The zero-order valence-corrected chi connectivity index (χ0v) is 20.2. The van der Waals surface area contributed by atoms with Gasteiger partial charge in [-0.3, -0.25) is 14.3 Å². The number of alkyl halides is 3. The molecule has 13 heteroatoms. The van der Waals surface area contributed by atoms with Gasteiger partial charge < -0.3 is 15.5 Å². The number of thiophene rings is 1. The Balaban J connectivity index is 1.91. The molecule has 4 heterocycles. The minimum Gasteiger partial charge on any atom is -0.464 e. The number of amides is 2. The number of rotatable bonds is 6. The van der Waals surface area contributed by atoms with Gasteiger partial charge in [0.15, 0.2) is 0 Å². The van der Waals surface area contributed by atoms with Crippen LogP contribution in [0.3, 0.4) is 0 Å². The molecule has 2 amide bonds. The highest BCUT2D eigenvalue weighted by molar-refractivity contribution is 7.21. The molecule has 1 unspecified atom stereocenters. The third kappa shape index (κ3) is 4.39. The second kappa shape index (κ2) is 9.00. The summed E-state index contributed by atoms with van der Waals surface area (Å²) in [5.74, 6) is -1.38. The summed E-state index contributed by atoms with van der Waals surface area (Å²) >= 11 is 6.89. The van der Waals surface area contributed by atoms with Crippen molar-refractivity contribution in [3.05, 3.63) is 51.4 Å². The van der Waals surface area contributed by atoms with Crippen molar-refractivity contribution in [2.75, 3.05) is 5.32 Å². The van der Waals surface area contributed by atoms with E-state index >= 15 is 0 Å². The number of hydrogen-bond donors (Lipinski definition) is 2. The smallest absolute Gasteiger partial charge is 0.433 e. The van der Waals surface area contributed by atoms with Crippen LogP contribution in [0.25, 0.3) is 21.5 Å². The van der Waals surface area contributed by atoms with Gasteiger partial charge >= 0.3 is 6.18 Å². The molecule has 3 N–H and O–H groups in total. The fraction of sp³-hybridized carbons (Fsp3) is 0.273. The van der Waals surface area contributed by atoms with Crippen LogP contribution in [0.15, 0.2) is 28.9 Å². The van der Waals surface area contributed by atoms with E-state index in [9.17, 15) is 22.8 Å². The van der Waals surface area contributed by atoms with Crippen LogP contribution in [0.5, 0.6) is 0 Å². The summed E-state index contributed by atoms with van der Waals surface area (Å²) in [4.78, 5) is 29.0. The van der Waals surface area contributed by atoms with E-state index in [0.717, 1.165) is 6.07 Å². The van der Waals surface area contributed by atoms with Gasteiger partial charge in [-0.1, -0.05) is 18.5 Å². The second-order valence-electron chi connectivity index (χ2n) is 7.72. The van der Waals surface area contributed by atoms with Crippen molar-refractivity contribution in [3.63, 3.8) is 0 Å². The summed E-state index contributed by atoms with van der Waals surface area (Å²) in [7, 11) is 0. The molecule has 1 atom stereocenters. The lowest BCUT2D eigenvalue weighted by Crippen LogP contribution is -2.28. The number of nitrogens with one attached hydrogen (secondary N) is 1. The predicted molar refractivity (Wildman–Crippen MR) is 126 cm³/mol. The van der Waals surface area contributed by atoms with Gasteiger partial charge in [-0.15, -0.1) is 11.3 Å². The van der Waals surface area contributed by atoms with E-state index in [1.54, 1.807) is 20.8 Å². The fourth-order valence-corrected chi connectivity index (χ4v) is 4.92. The molecule has 184 valence electrons. The number of hydrogen-bond acceptors (Lipinski definition) is 6. The van der Waals surface area contributed by atoms with Crippen molar-refractivity contribution in [2.24, 2.45) is 5.73 Å². The predicted octanol–water partition coefficient (Wildman–Crippen LogP) is 5.73. The first kappa shape index (κ1) is 24.7. The first-order valence-corrected chi connectivity index (χ1v) is 11.5. The number of pyridine rings is 1. The van der Waals surface area contributed by atoms with Gasteiger partial charge in [0.2, 0.25) is 5.91 Å². The SMILES string of the molecule is CCC(C(=O)Nc1c(C(N)=O)sc2nc(C(F)(F)F)cc(-c3ccco3)c12)n1nc(C)c(Cl)c1C. The molecular formula is C22H19ClF3N5O3S. The number of fused-ring (bicyclic) bond motifs is 1. The van der Waals surface area contributed by atoms with Crippen molar-refractivity contribution < 1.29 is 27.2 Å². The highest BCUT2D eigenvalue weighted by Crippen LogP contribution is 2.44. The first-order chi connectivity index (χ1) is 16.4. The molecule has 4 aromatic rings. The van der Waals surface area contributed by atoms with Gasteiger partial charge in [0, 0.05) is 10.9 Å². The summed E-state index contributed by atoms with van der Waals surface area (Å²) in [6.07, 6.45) is -3.13. The van der Waals surface area contributed by atoms with E-state index in [4.69, 9.17) is 21.8 Å². The minimum atomic E-state index is -4.75. The molecule has 0 aliphatic heterocycles. The van der Waals surface area contributed by atoms with Crippen molar-refractivity contribution in [1.82, 2.24) is 14.8 Å². The highest BCUT2D eigenvalue weighted by atomic mass is 35.5. The van der Waals surface area contributed by atoms with Gasteiger partial charge in [-0.05, 0) is 38.5 Å². The molecule has 0 fully saturated rings. The quantitative estimate of drug-likeness (QED) is 0.333. The number of nitrogens with two attached hydrogens (primary N) is 1. The summed E-state index contributed by atoms with van der Waals surface area (Å²) in [5, 5.41) is 7.54. The van der Waals surface area contributed by atoms with Crippen molar-refractivity contribution >= 4 is 50.7 Å². The molecule has 0 radical (unpaired) electrons. The topological polar surface area (TPSA) is 116 Å². The lowest BCUT2D eigenvalue weighted by Gasteiger charge is -2.18.